The molecule has 0 aliphatic heterocycles. The third-order valence-electron chi connectivity index (χ3n) is 5.54. The lowest BCUT2D eigenvalue weighted by Crippen LogP contribution is -2.16. The van der Waals surface area contributed by atoms with Crippen LogP contribution in [0.5, 0.6) is 0 Å². The molecule has 0 saturated carbocycles. The van der Waals surface area contributed by atoms with E-state index in [4.69, 9.17) is 0 Å². The van der Waals surface area contributed by atoms with E-state index in [9.17, 15) is 10.2 Å². The molecule has 3 heteroatoms. The van der Waals surface area contributed by atoms with Crippen LogP contribution >= 0.6 is 11.8 Å². The van der Waals surface area contributed by atoms with Crippen LogP contribution in [0.25, 0.3) is 0 Å². The normalized spacial score (nSPS) is 12.5. The molecule has 0 spiro atoms. The standard InChI is InChI=1S/C26H38O2S/c1-17-9-19(11-23(21(17)13-27)25(3,4)5)15-29-16-20-10-18(2)22(14-28)24(12-20)26(6,7)8/h9-12,27-28H,13-16H2,1-8H3. The molecule has 0 radical (unpaired) electrons. The van der Waals surface area contributed by atoms with E-state index >= 15 is 0 Å². The molecule has 0 aromatic heterocycles. The van der Waals surface area contributed by atoms with Crippen molar-refractivity contribution in [1.82, 2.24) is 0 Å². The highest BCUT2D eigenvalue weighted by atomic mass is 32.2. The maximum Gasteiger partial charge on any atom is 0.0687 e. The van der Waals surface area contributed by atoms with Crippen molar-refractivity contribution in [2.24, 2.45) is 0 Å². The molecule has 2 nitrogen and oxygen atoms in total. The second-order valence-electron chi connectivity index (χ2n) is 10.2. The maximum atomic E-state index is 9.82. The van der Waals surface area contributed by atoms with Crippen molar-refractivity contribution in [3.63, 3.8) is 0 Å². The van der Waals surface area contributed by atoms with Crippen LogP contribution in [0.3, 0.4) is 0 Å². The van der Waals surface area contributed by atoms with E-state index in [1.807, 2.05) is 11.8 Å². The summed E-state index contributed by atoms with van der Waals surface area (Å²) < 4.78 is 0. The summed E-state index contributed by atoms with van der Waals surface area (Å²) >= 11 is 1.92. The van der Waals surface area contributed by atoms with E-state index in [0.717, 1.165) is 22.6 Å². The molecular formula is C26H38O2S. The molecule has 160 valence electrons. The Hall–Kier alpha value is -1.29. The van der Waals surface area contributed by atoms with Gasteiger partial charge >= 0.3 is 0 Å². The van der Waals surface area contributed by atoms with E-state index in [-0.39, 0.29) is 24.0 Å². The summed E-state index contributed by atoms with van der Waals surface area (Å²) in [4.78, 5) is 0. The van der Waals surface area contributed by atoms with Crippen LogP contribution in [-0.4, -0.2) is 10.2 Å². The molecule has 29 heavy (non-hydrogen) atoms. The lowest BCUT2D eigenvalue weighted by atomic mass is 9.81. The van der Waals surface area contributed by atoms with E-state index in [1.54, 1.807) is 0 Å². The smallest absolute Gasteiger partial charge is 0.0687 e. The summed E-state index contributed by atoms with van der Waals surface area (Å²) in [7, 11) is 0. The molecule has 0 fully saturated rings. The first kappa shape index (κ1) is 24.0. The van der Waals surface area contributed by atoms with Gasteiger partial charge in [0.1, 0.15) is 0 Å². The van der Waals surface area contributed by atoms with Crippen LogP contribution in [0.15, 0.2) is 24.3 Å². The van der Waals surface area contributed by atoms with Crippen LogP contribution in [-0.2, 0) is 35.5 Å². The fraction of sp³-hybridized carbons (Fsp3) is 0.538. The first-order valence-electron chi connectivity index (χ1n) is 10.4. The number of aliphatic hydroxyl groups is 2. The zero-order valence-electron chi connectivity index (χ0n) is 19.4. The van der Waals surface area contributed by atoms with Gasteiger partial charge in [0, 0.05) is 11.5 Å². The SMILES string of the molecule is Cc1cc(CSCc2cc(C)c(CO)c(C(C)(C)C)c2)cc(C(C)(C)C)c1CO. The third-order valence-corrected chi connectivity index (χ3v) is 6.61. The molecule has 0 heterocycles. The van der Waals surface area contributed by atoms with E-state index in [0.29, 0.717) is 0 Å². The van der Waals surface area contributed by atoms with Crippen molar-refractivity contribution in [2.75, 3.05) is 0 Å². The van der Waals surface area contributed by atoms with Gasteiger partial charge in [-0.15, -0.1) is 0 Å². The Bertz CT molecular complexity index is 783. The van der Waals surface area contributed by atoms with Crippen LogP contribution < -0.4 is 0 Å². The predicted molar refractivity (Wildman–Crippen MR) is 127 cm³/mol. The highest BCUT2D eigenvalue weighted by Crippen LogP contribution is 2.33. The zero-order valence-corrected chi connectivity index (χ0v) is 20.3. The van der Waals surface area contributed by atoms with Crippen LogP contribution in [0, 0.1) is 13.8 Å². The first-order chi connectivity index (χ1) is 13.4. The minimum absolute atomic E-state index is 0.0162. The molecule has 0 saturated heterocycles. The van der Waals surface area contributed by atoms with E-state index in [2.05, 4.69) is 79.7 Å². The number of hydrogen-bond acceptors (Lipinski definition) is 3. The minimum Gasteiger partial charge on any atom is -0.392 e. The average molecular weight is 415 g/mol. The molecule has 0 bridgehead atoms. The van der Waals surface area contributed by atoms with Crippen molar-refractivity contribution in [2.45, 2.75) is 90.9 Å². The summed E-state index contributed by atoms with van der Waals surface area (Å²) in [5.74, 6) is 1.89. The summed E-state index contributed by atoms with van der Waals surface area (Å²) in [6, 6.07) is 8.97. The lowest BCUT2D eigenvalue weighted by molar-refractivity contribution is 0.277. The molecule has 0 atom stereocenters. The molecule has 0 unspecified atom stereocenters. The summed E-state index contributed by atoms with van der Waals surface area (Å²) in [6.07, 6.45) is 0. The van der Waals surface area contributed by atoms with Crippen molar-refractivity contribution in [3.8, 4) is 0 Å². The van der Waals surface area contributed by atoms with Crippen LogP contribution in [0.4, 0.5) is 0 Å². The molecule has 0 aliphatic rings. The summed E-state index contributed by atoms with van der Waals surface area (Å²) in [6.45, 7) is 17.6. The van der Waals surface area contributed by atoms with Gasteiger partial charge in [-0.2, -0.15) is 11.8 Å². The quantitative estimate of drug-likeness (QED) is 0.581. The number of aryl methyl sites for hydroxylation is 2. The van der Waals surface area contributed by atoms with Crippen molar-refractivity contribution in [1.29, 1.82) is 0 Å². The van der Waals surface area contributed by atoms with Crippen molar-refractivity contribution >= 4 is 11.8 Å². The maximum absolute atomic E-state index is 9.82. The van der Waals surface area contributed by atoms with Crippen molar-refractivity contribution in [3.05, 3.63) is 68.8 Å². The summed E-state index contributed by atoms with van der Waals surface area (Å²) in [5, 5.41) is 19.6. The van der Waals surface area contributed by atoms with Crippen LogP contribution in [0.1, 0.15) is 86.1 Å². The number of rotatable bonds is 6. The Morgan fingerprint density at radius 3 is 1.28 bits per heavy atom. The largest absolute Gasteiger partial charge is 0.392 e. The molecule has 2 aromatic carbocycles. The molecule has 0 amide bonds. The van der Waals surface area contributed by atoms with Gasteiger partial charge in [-0.3, -0.25) is 0 Å². The Morgan fingerprint density at radius 1 is 0.655 bits per heavy atom. The highest BCUT2D eigenvalue weighted by Gasteiger charge is 2.21. The third kappa shape index (κ3) is 5.87. The van der Waals surface area contributed by atoms with Gasteiger partial charge in [0.2, 0.25) is 0 Å². The highest BCUT2D eigenvalue weighted by molar-refractivity contribution is 7.97. The molecule has 2 rings (SSSR count). The Morgan fingerprint density at radius 2 is 1.00 bits per heavy atom. The number of hydrogen-bond donors (Lipinski definition) is 2. The fourth-order valence-electron chi connectivity index (χ4n) is 4.00. The Balaban J connectivity index is 2.23. The van der Waals surface area contributed by atoms with Gasteiger partial charge in [0.05, 0.1) is 13.2 Å². The van der Waals surface area contributed by atoms with Gasteiger partial charge < -0.3 is 10.2 Å². The summed E-state index contributed by atoms with van der Waals surface area (Å²) in [5.41, 5.74) is 9.63. The zero-order chi connectivity index (χ0) is 22.0. The van der Waals surface area contributed by atoms with E-state index < -0.39 is 0 Å². The number of thioether (sulfide) groups is 1. The molecule has 2 N–H and O–H groups in total. The fourth-order valence-corrected chi connectivity index (χ4v) is 4.90. The van der Waals surface area contributed by atoms with Crippen molar-refractivity contribution < 1.29 is 10.2 Å². The van der Waals surface area contributed by atoms with E-state index in [1.165, 1.54) is 33.4 Å². The van der Waals surface area contributed by atoms with Gasteiger partial charge in [0.25, 0.3) is 0 Å². The van der Waals surface area contributed by atoms with Gasteiger partial charge in [-0.1, -0.05) is 65.8 Å². The second kappa shape index (κ2) is 9.24. The lowest BCUT2D eigenvalue weighted by Gasteiger charge is -2.25. The van der Waals surface area contributed by atoms with Crippen LogP contribution in [0.2, 0.25) is 0 Å². The predicted octanol–water partition coefficient (Wildman–Crippen LogP) is 6.32. The van der Waals surface area contributed by atoms with Gasteiger partial charge in [0.15, 0.2) is 0 Å². The van der Waals surface area contributed by atoms with Gasteiger partial charge in [-0.05, 0) is 69.2 Å². The topological polar surface area (TPSA) is 40.5 Å². The molecular weight excluding hydrogens is 376 g/mol. The Labute approximate surface area is 181 Å². The average Bonchev–Trinajstić information content (AvgIpc) is 2.59. The number of aliphatic hydroxyl groups excluding tert-OH is 2. The Kier molecular flexibility index (Phi) is 7.64. The molecule has 0 aliphatic carbocycles. The minimum atomic E-state index is 0.0162. The number of benzene rings is 2. The second-order valence-corrected chi connectivity index (χ2v) is 11.2. The van der Waals surface area contributed by atoms with Gasteiger partial charge in [-0.25, -0.2) is 0 Å². The first-order valence-corrected chi connectivity index (χ1v) is 11.6. The molecule has 2 aromatic rings. The monoisotopic (exact) mass is 414 g/mol.